The Labute approximate surface area is 174 Å². The van der Waals surface area contributed by atoms with E-state index >= 15 is 0 Å². The maximum Gasteiger partial charge on any atom is 0.338 e. The number of carbonyl (C=O) groups excluding carboxylic acids is 2. The number of hydrogen-bond donors (Lipinski definition) is 2. The van der Waals surface area contributed by atoms with Gasteiger partial charge in [-0.15, -0.1) is 0 Å². The molecule has 0 spiro atoms. The molecule has 0 atom stereocenters. The fourth-order valence-corrected chi connectivity index (χ4v) is 3.18. The molecule has 2 N–H and O–H groups in total. The number of hydrogen-bond acceptors (Lipinski definition) is 4. The number of esters is 1. The van der Waals surface area contributed by atoms with Crippen LogP contribution in [0.5, 0.6) is 0 Å². The summed E-state index contributed by atoms with van der Waals surface area (Å²) < 4.78 is 4.97. The van der Waals surface area contributed by atoms with Crippen molar-refractivity contribution >= 4 is 28.6 Å². The molecule has 0 aliphatic heterocycles. The van der Waals surface area contributed by atoms with Crippen LogP contribution in [-0.2, 0) is 11.3 Å². The van der Waals surface area contributed by atoms with E-state index in [9.17, 15) is 14.4 Å². The van der Waals surface area contributed by atoms with Crippen LogP contribution >= 0.6 is 0 Å². The van der Waals surface area contributed by atoms with Crippen LogP contribution in [0.4, 0.5) is 10.5 Å². The van der Waals surface area contributed by atoms with Crippen LogP contribution in [0.2, 0.25) is 0 Å². The highest BCUT2D eigenvalue weighted by atomic mass is 16.5. The molecule has 0 aliphatic carbocycles. The van der Waals surface area contributed by atoms with Gasteiger partial charge in [-0.2, -0.15) is 0 Å². The average molecular weight is 407 g/mol. The van der Waals surface area contributed by atoms with Crippen molar-refractivity contribution in [3.05, 3.63) is 76.1 Å². The zero-order valence-corrected chi connectivity index (χ0v) is 17.3. The van der Waals surface area contributed by atoms with Crippen LogP contribution in [0.15, 0.2) is 59.4 Å². The standard InChI is InChI=1S/C23H25N3O4/c1-4-30-22(28)16-9-11-18(12-10-16)24-23(29)26(15(2)3)14-17-13-21(27)25-20-8-6-5-7-19(17)20/h5-13,15H,4,14H2,1-3H3,(H,24,29)(H,25,27). The summed E-state index contributed by atoms with van der Waals surface area (Å²) in [5, 5.41) is 3.75. The van der Waals surface area contributed by atoms with Gasteiger partial charge in [0.05, 0.1) is 12.2 Å². The van der Waals surface area contributed by atoms with Gasteiger partial charge in [0.1, 0.15) is 0 Å². The van der Waals surface area contributed by atoms with Gasteiger partial charge in [0.25, 0.3) is 0 Å². The molecular formula is C23H25N3O4. The Morgan fingerprint density at radius 2 is 1.80 bits per heavy atom. The third-order valence-corrected chi connectivity index (χ3v) is 4.71. The number of nitrogens with one attached hydrogen (secondary N) is 2. The second-order valence-corrected chi connectivity index (χ2v) is 7.15. The Morgan fingerprint density at radius 3 is 2.47 bits per heavy atom. The van der Waals surface area contributed by atoms with E-state index in [0.717, 1.165) is 16.5 Å². The molecule has 0 aliphatic rings. The zero-order chi connectivity index (χ0) is 21.7. The minimum atomic E-state index is -0.402. The van der Waals surface area contributed by atoms with Crippen LogP contribution in [0.25, 0.3) is 10.9 Å². The molecule has 7 heteroatoms. The van der Waals surface area contributed by atoms with Crippen molar-refractivity contribution in [2.75, 3.05) is 11.9 Å². The molecule has 1 aromatic heterocycles. The number of benzene rings is 2. The lowest BCUT2D eigenvalue weighted by Crippen LogP contribution is -2.39. The lowest BCUT2D eigenvalue weighted by atomic mass is 10.1. The summed E-state index contributed by atoms with van der Waals surface area (Å²) in [5.41, 5.74) is 2.29. The molecule has 3 rings (SSSR count). The van der Waals surface area contributed by atoms with Crippen molar-refractivity contribution in [2.24, 2.45) is 0 Å². The second kappa shape index (κ2) is 9.26. The molecule has 2 aromatic carbocycles. The minimum Gasteiger partial charge on any atom is -0.462 e. The molecule has 0 bridgehead atoms. The maximum absolute atomic E-state index is 12.9. The molecule has 7 nitrogen and oxygen atoms in total. The fraction of sp³-hybridized carbons (Fsp3) is 0.261. The first kappa shape index (κ1) is 21.1. The Hall–Kier alpha value is -3.61. The van der Waals surface area contributed by atoms with Crippen LogP contribution < -0.4 is 10.9 Å². The van der Waals surface area contributed by atoms with Gasteiger partial charge in [0.2, 0.25) is 5.56 Å². The van der Waals surface area contributed by atoms with Gasteiger partial charge in [-0.25, -0.2) is 9.59 Å². The zero-order valence-electron chi connectivity index (χ0n) is 17.3. The SMILES string of the molecule is CCOC(=O)c1ccc(NC(=O)N(Cc2cc(=O)[nH]c3ccccc23)C(C)C)cc1. The summed E-state index contributed by atoms with van der Waals surface area (Å²) in [6.07, 6.45) is 0. The third kappa shape index (κ3) is 4.86. The molecule has 2 amide bonds. The van der Waals surface area contributed by atoms with Gasteiger partial charge in [-0.05, 0) is 56.7 Å². The molecule has 30 heavy (non-hydrogen) atoms. The number of H-pyrrole nitrogens is 1. The number of carbonyl (C=O) groups is 2. The van der Waals surface area contributed by atoms with E-state index in [2.05, 4.69) is 10.3 Å². The van der Waals surface area contributed by atoms with E-state index in [4.69, 9.17) is 4.74 Å². The molecule has 3 aromatic rings. The number of aromatic nitrogens is 1. The molecule has 1 heterocycles. The Kier molecular flexibility index (Phi) is 6.51. The average Bonchev–Trinajstić information content (AvgIpc) is 2.72. The first-order valence-corrected chi connectivity index (χ1v) is 9.84. The highest BCUT2D eigenvalue weighted by Crippen LogP contribution is 2.19. The maximum atomic E-state index is 12.9. The summed E-state index contributed by atoms with van der Waals surface area (Å²) in [5.74, 6) is -0.402. The monoisotopic (exact) mass is 407 g/mol. The third-order valence-electron chi connectivity index (χ3n) is 4.71. The summed E-state index contributed by atoms with van der Waals surface area (Å²) in [6, 6.07) is 15.2. The highest BCUT2D eigenvalue weighted by Gasteiger charge is 2.19. The van der Waals surface area contributed by atoms with Gasteiger partial charge in [0.15, 0.2) is 0 Å². The summed E-state index contributed by atoms with van der Waals surface area (Å²) in [4.78, 5) is 41.2. The van der Waals surface area contributed by atoms with E-state index in [1.807, 2.05) is 38.1 Å². The van der Waals surface area contributed by atoms with Crippen molar-refractivity contribution in [3.8, 4) is 0 Å². The molecule has 0 saturated carbocycles. The second-order valence-electron chi connectivity index (χ2n) is 7.15. The Bertz CT molecular complexity index is 1100. The van der Waals surface area contributed by atoms with Gasteiger partial charge < -0.3 is 19.9 Å². The van der Waals surface area contributed by atoms with Crippen molar-refractivity contribution in [3.63, 3.8) is 0 Å². The lowest BCUT2D eigenvalue weighted by molar-refractivity contribution is 0.0526. The molecular weight excluding hydrogens is 382 g/mol. The van der Waals surface area contributed by atoms with E-state index in [-0.39, 0.29) is 24.2 Å². The number of anilines is 1. The number of urea groups is 1. The van der Waals surface area contributed by atoms with Crippen LogP contribution in [0.3, 0.4) is 0 Å². The van der Waals surface area contributed by atoms with Crippen LogP contribution in [-0.4, -0.2) is 34.5 Å². The van der Waals surface area contributed by atoms with Crippen molar-refractivity contribution in [1.82, 2.24) is 9.88 Å². The number of aromatic amines is 1. The van der Waals surface area contributed by atoms with Crippen molar-refractivity contribution in [2.45, 2.75) is 33.4 Å². The number of amides is 2. The smallest absolute Gasteiger partial charge is 0.338 e. The predicted octanol–water partition coefficient (Wildman–Crippen LogP) is 4.15. The Morgan fingerprint density at radius 1 is 1.10 bits per heavy atom. The van der Waals surface area contributed by atoms with Gasteiger partial charge in [-0.3, -0.25) is 4.79 Å². The van der Waals surface area contributed by atoms with Crippen LogP contribution in [0, 0.1) is 0 Å². The highest BCUT2D eigenvalue weighted by molar-refractivity contribution is 5.92. The summed E-state index contributed by atoms with van der Waals surface area (Å²) in [6.45, 7) is 6.17. The molecule has 0 unspecified atom stereocenters. The van der Waals surface area contributed by atoms with Crippen LogP contribution in [0.1, 0.15) is 36.7 Å². The number of fused-ring (bicyclic) bond motifs is 1. The van der Waals surface area contributed by atoms with E-state index in [1.165, 1.54) is 6.07 Å². The predicted molar refractivity (Wildman–Crippen MR) is 117 cm³/mol. The number of pyridine rings is 1. The number of nitrogens with zero attached hydrogens (tertiary/aromatic N) is 1. The minimum absolute atomic E-state index is 0.0955. The normalized spacial score (nSPS) is 10.8. The first-order valence-electron chi connectivity index (χ1n) is 9.84. The number of rotatable bonds is 6. The molecule has 0 radical (unpaired) electrons. The van der Waals surface area contributed by atoms with Gasteiger partial charge >= 0.3 is 12.0 Å². The number of ether oxygens (including phenoxy) is 1. The number of para-hydroxylation sites is 1. The van der Waals surface area contributed by atoms with Gasteiger partial charge in [0, 0.05) is 35.2 Å². The molecule has 0 fully saturated rings. The largest absolute Gasteiger partial charge is 0.462 e. The summed E-state index contributed by atoms with van der Waals surface area (Å²) in [7, 11) is 0. The van der Waals surface area contributed by atoms with E-state index in [1.54, 1.807) is 36.1 Å². The topological polar surface area (TPSA) is 91.5 Å². The fourth-order valence-electron chi connectivity index (χ4n) is 3.18. The Balaban J connectivity index is 1.79. The van der Waals surface area contributed by atoms with E-state index < -0.39 is 5.97 Å². The molecule has 0 saturated heterocycles. The van der Waals surface area contributed by atoms with Crippen molar-refractivity contribution < 1.29 is 14.3 Å². The summed E-state index contributed by atoms with van der Waals surface area (Å²) >= 11 is 0. The molecule has 156 valence electrons. The quantitative estimate of drug-likeness (QED) is 0.601. The first-order chi connectivity index (χ1) is 14.4. The van der Waals surface area contributed by atoms with E-state index in [0.29, 0.717) is 17.9 Å². The lowest BCUT2D eigenvalue weighted by Gasteiger charge is -2.27. The van der Waals surface area contributed by atoms with Crippen molar-refractivity contribution in [1.29, 1.82) is 0 Å². The van der Waals surface area contributed by atoms with Gasteiger partial charge in [-0.1, -0.05) is 18.2 Å².